The van der Waals surface area contributed by atoms with E-state index in [4.69, 9.17) is 0 Å². The molecule has 0 bridgehead atoms. The standard InChI is InChI=1S/C13H16F3NO/c1-9-5-11(8-17-7-9)10-3-2-4-12(6-10)18-13(14,15)16/h2-4,6,9,11,17H,5,7-8H2,1H3. The quantitative estimate of drug-likeness (QED) is 0.880. The molecule has 1 N–H and O–H groups in total. The molecular weight excluding hydrogens is 243 g/mol. The van der Waals surface area contributed by atoms with Crippen molar-refractivity contribution >= 4 is 0 Å². The van der Waals surface area contributed by atoms with E-state index < -0.39 is 6.36 Å². The first-order valence-electron chi connectivity index (χ1n) is 6.00. The lowest BCUT2D eigenvalue weighted by atomic mass is 9.86. The van der Waals surface area contributed by atoms with Gasteiger partial charge < -0.3 is 10.1 Å². The first-order chi connectivity index (χ1) is 8.44. The number of benzene rings is 1. The first-order valence-corrected chi connectivity index (χ1v) is 6.00. The summed E-state index contributed by atoms with van der Waals surface area (Å²) in [7, 11) is 0. The number of hydrogen-bond donors (Lipinski definition) is 1. The second kappa shape index (κ2) is 5.18. The predicted molar refractivity (Wildman–Crippen MR) is 62.5 cm³/mol. The van der Waals surface area contributed by atoms with Crippen LogP contribution in [0.2, 0.25) is 0 Å². The van der Waals surface area contributed by atoms with Gasteiger partial charge in [-0.25, -0.2) is 0 Å². The molecule has 0 radical (unpaired) electrons. The molecule has 100 valence electrons. The van der Waals surface area contributed by atoms with Crippen LogP contribution in [0.3, 0.4) is 0 Å². The zero-order valence-corrected chi connectivity index (χ0v) is 10.1. The highest BCUT2D eigenvalue weighted by Gasteiger charge is 2.31. The Bertz CT molecular complexity index is 405. The van der Waals surface area contributed by atoms with Crippen LogP contribution in [-0.4, -0.2) is 19.5 Å². The van der Waals surface area contributed by atoms with E-state index in [0.29, 0.717) is 5.92 Å². The zero-order chi connectivity index (χ0) is 13.2. The molecule has 2 nitrogen and oxygen atoms in total. The highest BCUT2D eigenvalue weighted by molar-refractivity contribution is 5.31. The van der Waals surface area contributed by atoms with Crippen molar-refractivity contribution in [2.24, 2.45) is 5.92 Å². The van der Waals surface area contributed by atoms with Gasteiger partial charge in [-0.1, -0.05) is 19.1 Å². The molecular formula is C13H16F3NO. The van der Waals surface area contributed by atoms with Crippen LogP contribution in [-0.2, 0) is 0 Å². The van der Waals surface area contributed by atoms with Gasteiger partial charge in [-0.15, -0.1) is 13.2 Å². The lowest BCUT2D eigenvalue weighted by molar-refractivity contribution is -0.274. The molecule has 1 aliphatic rings. The number of hydrogen-bond acceptors (Lipinski definition) is 2. The Kier molecular flexibility index (Phi) is 3.80. The summed E-state index contributed by atoms with van der Waals surface area (Å²) in [5, 5.41) is 3.29. The maximum atomic E-state index is 12.1. The molecule has 1 heterocycles. The smallest absolute Gasteiger partial charge is 0.406 e. The molecule has 18 heavy (non-hydrogen) atoms. The monoisotopic (exact) mass is 259 g/mol. The molecule has 1 aliphatic heterocycles. The van der Waals surface area contributed by atoms with Crippen LogP contribution in [0, 0.1) is 5.92 Å². The van der Waals surface area contributed by atoms with Crippen molar-refractivity contribution in [3.63, 3.8) is 0 Å². The van der Waals surface area contributed by atoms with Crippen LogP contribution < -0.4 is 10.1 Å². The minimum Gasteiger partial charge on any atom is -0.406 e. The first kappa shape index (κ1) is 13.2. The Morgan fingerprint density at radius 1 is 1.28 bits per heavy atom. The highest BCUT2D eigenvalue weighted by atomic mass is 19.4. The predicted octanol–water partition coefficient (Wildman–Crippen LogP) is 3.30. The molecule has 1 aromatic carbocycles. The Morgan fingerprint density at radius 3 is 2.72 bits per heavy atom. The topological polar surface area (TPSA) is 21.3 Å². The van der Waals surface area contributed by atoms with Gasteiger partial charge in [-0.2, -0.15) is 0 Å². The van der Waals surface area contributed by atoms with E-state index in [9.17, 15) is 13.2 Å². The number of alkyl halides is 3. The third-order valence-electron chi connectivity index (χ3n) is 3.13. The summed E-state index contributed by atoms with van der Waals surface area (Å²) in [6.45, 7) is 3.91. The largest absolute Gasteiger partial charge is 0.573 e. The second-order valence-electron chi connectivity index (χ2n) is 4.82. The number of halogens is 3. The summed E-state index contributed by atoms with van der Waals surface area (Å²) in [6, 6.07) is 6.28. The van der Waals surface area contributed by atoms with Gasteiger partial charge >= 0.3 is 6.36 Å². The second-order valence-corrected chi connectivity index (χ2v) is 4.82. The Morgan fingerprint density at radius 2 is 2.06 bits per heavy atom. The summed E-state index contributed by atoms with van der Waals surface area (Å²) in [5.74, 6) is 0.653. The van der Waals surface area contributed by atoms with Crippen LogP contribution >= 0.6 is 0 Å². The minimum absolute atomic E-state index is 0.141. The Hall–Kier alpha value is -1.23. The lowest BCUT2D eigenvalue weighted by Crippen LogP contribution is -2.33. The van der Waals surface area contributed by atoms with Gasteiger partial charge in [0.05, 0.1) is 0 Å². The molecule has 1 aromatic rings. The summed E-state index contributed by atoms with van der Waals surface area (Å²) >= 11 is 0. The molecule has 0 saturated carbocycles. The molecule has 5 heteroatoms. The van der Waals surface area contributed by atoms with Crippen molar-refractivity contribution in [2.75, 3.05) is 13.1 Å². The van der Waals surface area contributed by atoms with Crippen molar-refractivity contribution in [1.82, 2.24) is 5.32 Å². The number of ether oxygens (including phenoxy) is 1. The average Bonchev–Trinajstić information content (AvgIpc) is 2.27. The molecule has 0 spiro atoms. The van der Waals surface area contributed by atoms with E-state index in [-0.39, 0.29) is 11.7 Å². The maximum absolute atomic E-state index is 12.1. The van der Waals surface area contributed by atoms with Gasteiger partial charge in [0, 0.05) is 6.54 Å². The summed E-state index contributed by atoms with van der Waals surface area (Å²) in [5.41, 5.74) is 0.899. The summed E-state index contributed by atoms with van der Waals surface area (Å²) < 4.78 is 40.4. The van der Waals surface area contributed by atoms with Crippen molar-refractivity contribution in [3.8, 4) is 5.75 Å². The van der Waals surface area contributed by atoms with Gasteiger partial charge in [0.25, 0.3) is 0 Å². The van der Waals surface area contributed by atoms with Gasteiger partial charge in [0.15, 0.2) is 0 Å². The molecule has 1 fully saturated rings. The van der Waals surface area contributed by atoms with Crippen molar-refractivity contribution in [3.05, 3.63) is 29.8 Å². The fourth-order valence-corrected chi connectivity index (χ4v) is 2.38. The van der Waals surface area contributed by atoms with Gasteiger partial charge in [-0.05, 0) is 42.5 Å². The number of piperidine rings is 1. The number of nitrogens with one attached hydrogen (secondary N) is 1. The van der Waals surface area contributed by atoms with Crippen LogP contribution in [0.25, 0.3) is 0 Å². The Balaban J connectivity index is 2.11. The van der Waals surface area contributed by atoms with E-state index >= 15 is 0 Å². The van der Waals surface area contributed by atoms with E-state index in [0.717, 1.165) is 25.1 Å². The molecule has 0 aliphatic carbocycles. The fourth-order valence-electron chi connectivity index (χ4n) is 2.38. The summed E-state index contributed by atoms with van der Waals surface area (Å²) in [6.07, 6.45) is -3.64. The van der Waals surface area contributed by atoms with Crippen molar-refractivity contribution in [2.45, 2.75) is 25.6 Å². The molecule has 2 atom stereocenters. The normalized spacial score (nSPS) is 24.9. The molecule has 0 aromatic heterocycles. The lowest BCUT2D eigenvalue weighted by Gasteiger charge is -2.28. The van der Waals surface area contributed by atoms with Crippen LogP contribution in [0.4, 0.5) is 13.2 Å². The molecule has 2 unspecified atom stereocenters. The number of rotatable bonds is 2. The van der Waals surface area contributed by atoms with Crippen LogP contribution in [0.5, 0.6) is 5.75 Å². The van der Waals surface area contributed by atoms with Gasteiger partial charge in [0.1, 0.15) is 5.75 Å². The average molecular weight is 259 g/mol. The molecule has 1 saturated heterocycles. The highest BCUT2D eigenvalue weighted by Crippen LogP contribution is 2.30. The fraction of sp³-hybridized carbons (Fsp3) is 0.538. The molecule has 2 rings (SSSR count). The molecule has 0 amide bonds. The van der Waals surface area contributed by atoms with Gasteiger partial charge in [-0.3, -0.25) is 0 Å². The van der Waals surface area contributed by atoms with E-state index in [1.807, 2.05) is 6.07 Å². The van der Waals surface area contributed by atoms with Gasteiger partial charge in [0.2, 0.25) is 0 Å². The maximum Gasteiger partial charge on any atom is 0.573 e. The zero-order valence-electron chi connectivity index (χ0n) is 10.1. The van der Waals surface area contributed by atoms with E-state index in [1.54, 1.807) is 6.07 Å². The SMILES string of the molecule is CC1CNCC(c2cccc(OC(F)(F)F)c2)C1. The van der Waals surface area contributed by atoms with E-state index in [2.05, 4.69) is 17.0 Å². The third-order valence-corrected chi connectivity index (χ3v) is 3.13. The van der Waals surface area contributed by atoms with Crippen LogP contribution in [0.1, 0.15) is 24.8 Å². The Labute approximate surface area is 104 Å². The van der Waals surface area contributed by atoms with Crippen molar-refractivity contribution in [1.29, 1.82) is 0 Å². The van der Waals surface area contributed by atoms with E-state index in [1.165, 1.54) is 12.1 Å². The minimum atomic E-state index is -4.63. The van der Waals surface area contributed by atoms with Crippen molar-refractivity contribution < 1.29 is 17.9 Å². The van der Waals surface area contributed by atoms with Crippen LogP contribution in [0.15, 0.2) is 24.3 Å². The summed E-state index contributed by atoms with van der Waals surface area (Å²) in [4.78, 5) is 0. The third kappa shape index (κ3) is 3.63.